The van der Waals surface area contributed by atoms with Crippen molar-refractivity contribution < 1.29 is 22.8 Å². The van der Waals surface area contributed by atoms with Crippen LogP contribution in [0.4, 0.5) is 24.7 Å². The Kier molecular flexibility index (Phi) is 7.19. The predicted octanol–water partition coefficient (Wildman–Crippen LogP) is 6.02. The van der Waals surface area contributed by atoms with Gasteiger partial charge in [-0.1, -0.05) is 42.5 Å². The average Bonchev–Trinajstić information content (AvgIpc) is 3.31. The molecular weight excluding hydrogens is 469 g/mol. The van der Waals surface area contributed by atoms with Crippen LogP contribution in [0.1, 0.15) is 28.4 Å². The molecule has 0 spiro atoms. The fourth-order valence-corrected chi connectivity index (χ4v) is 3.74. The van der Waals surface area contributed by atoms with Gasteiger partial charge in [-0.05, 0) is 53.9 Å². The summed E-state index contributed by atoms with van der Waals surface area (Å²) < 4.78 is 40.4. The standard InChI is InChI=1S/C27H23F3N4O2/c1-2-34-24(15-16-31-34)33-25(35)17-18-7-13-21(14-8-18)32-26(36)23-6-4-3-5-22(23)19-9-11-20(12-10-19)27(28,29)30/h3-16H,2,17H2,1H3,(H,32,36)(H,33,35). The van der Waals surface area contributed by atoms with Crippen LogP contribution in [0.15, 0.2) is 85.1 Å². The Morgan fingerprint density at radius 1 is 0.889 bits per heavy atom. The molecule has 0 fully saturated rings. The first kappa shape index (κ1) is 24.7. The lowest BCUT2D eigenvalue weighted by atomic mass is 9.98. The Bertz CT molecular complexity index is 1360. The molecule has 0 saturated carbocycles. The normalized spacial score (nSPS) is 11.2. The van der Waals surface area contributed by atoms with Crippen LogP contribution in [-0.2, 0) is 23.9 Å². The molecule has 4 rings (SSSR count). The maximum atomic E-state index is 13.0. The Labute approximate surface area is 205 Å². The minimum absolute atomic E-state index is 0.153. The van der Waals surface area contributed by atoms with Gasteiger partial charge in [0.2, 0.25) is 5.91 Å². The number of carbonyl (C=O) groups is 2. The van der Waals surface area contributed by atoms with Gasteiger partial charge in [-0.25, -0.2) is 4.68 Å². The number of aromatic nitrogens is 2. The average molecular weight is 493 g/mol. The summed E-state index contributed by atoms with van der Waals surface area (Å²) in [6, 6.07) is 20.0. The summed E-state index contributed by atoms with van der Waals surface area (Å²) in [5.74, 6) is 0.0365. The van der Waals surface area contributed by atoms with Crippen LogP contribution in [-0.4, -0.2) is 21.6 Å². The fraction of sp³-hybridized carbons (Fsp3) is 0.148. The molecule has 0 bridgehead atoms. The van der Waals surface area contributed by atoms with Gasteiger partial charge in [-0.15, -0.1) is 0 Å². The predicted molar refractivity (Wildman–Crippen MR) is 132 cm³/mol. The van der Waals surface area contributed by atoms with E-state index in [9.17, 15) is 22.8 Å². The van der Waals surface area contributed by atoms with Gasteiger partial charge < -0.3 is 10.6 Å². The SMILES string of the molecule is CCn1nccc1NC(=O)Cc1ccc(NC(=O)c2ccccc2-c2ccc(C(F)(F)F)cc2)cc1. The molecule has 36 heavy (non-hydrogen) atoms. The number of anilines is 2. The number of nitrogens with one attached hydrogen (secondary N) is 2. The molecule has 0 unspecified atom stereocenters. The molecule has 0 atom stereocenters. The van der Waals surface area contributed by atoms with Crippen molar-refractivity contribution in [2.75, 3.05) is 10.6 Å². The lowest BCUT2D eigenvalue weighted by Crippen LogP contribution is -2.17. The van der Waals surface area contributed by atoms with Crippen molar-refractivity contribution >= 4 is 23.3 Å². The second-order valence-electron chi connectivity index (χ2n) is 8.03. The number of hydrogen-bond donors (Lipinski definition) is 2. The summed E-state index contributed by atoms with van der Waals surface area (Å²) >= 11 is 0. The zero-order valence-electron chi connectivity index (χ0n) is 19.3. The van der Waals surface area contributed by atoms with E-state index in [1.165, 1.54) is 12.1 Å². The molecule has 9 heteroatoms. The van der Waals surface area contributed by atoms with Crippen LogP contribution in [0.3, 0.4) is 0 Å². The van der Waals surface area contributed by atoms with Gasteiger partial charge in [0.05, 0.1) is 18.2 Å². The second-order valence-corrected chi connectivity index (χ2v) is 8.03. The first-order chi connectivity index (χ1) is 17.2. The van der Waals surface area contributed by atoms with Crippen molar-refractivity contribution in [3.05, 3.63) is 102 Å². The van der Waals surface area contributed by atoms with E-state index >= 15 is 0 Å². The van der Waals surface area contributed by atoms with Gasteiger partial charge in [-0.3, -0.25) is 9.59 Å². The molecule has 1 heterocycles. The Morgan fingerprint density at radius 3 is 2.25 bits per heavy atom. The number of benzene rings is 3. The molecule has 0 radical (unpaired) electrons. The molecule has 6 nitrogen and oxygen atoms in total. The highest BCUT2D eigenvalue weighted by Crippen LogP contribution is 2.32. The zero-order chi connectivity index (χ0) is 25.7. The lowest BCUT2D eigenvalue weighted by molar-refractivity contribution is -0.137. The largest absolute Gasteiger partial charge is 0.416 e. The van der Waals surface area contributed by atoms with Crippen molar-refractivity contribution in [3.63, 3.8) is 0 Å². The van der Waals surface area contributed by atoms with Crippen LogP contribution in [0.2, 0.25) is 0 Å². The van der Waals surface area contributed by atoms with Crippen LogP contribution >= 0.6 is 0 Å². The molecule has 3 aromatic carbocycles. The molecule has 0 saturated heterocycles. The highest BCUT2D eigenvalue weighted by atomic mass is 19.4. The Hall–Kier alpha value is -4.40. The van der Waals surface area contributed by atoms with E-state index in [0.717, 1.165) is 17.7 Å². The van der Waals surface area contributed by atoms with Crippen molar-refractivity contribution in [2.24, 2.45) is 0 Å². The van der Waals surface area contributed by atoms with Crippen molar-refractivity contribution in [2.45, 2.75) is 26.1 Å². The monoisotopic (exact) mass is 492 g/mol. The first-order valence-corrected chi connectivity index (χ1v) is 11.2. The second kappa shape index (κ2) is 10.5. The van der Waals surface area contributed by atoms with Gasteiger partial charge >= 0.3 is 6.18 Å². The Morgan fingerprint density at radius 2 is 1.58 bits per heavy atom. The maximum absolute atomic E-state index is 13.0. The van der Waals surface area contributed by atoms with E-state index in [1.807, 2.05) is 6.92 Å². The van der Waals surface area contributed by atoms with Crippen molar-refractivity contribution in [3.8, 4) is 11.1 Å². The molecule has 1 aromatic heterocycles. The third-order valence-corrected chi connectivity index (χ3v) is 5.55. The highest BCUT2D eigenvalue weighted by Gasteiger charge is 2.30. The molecule has 2 amide bonds. The minimum atomic E-state index is -4.43. The summed E-state index contributed by atoms with van der Waals surface area (Å²) in [5, 5.41) is 9.74. The van der Waals surface area contributed by atoms with Crippen LogP contribution in [0, 0.1) is 0 Å². The van der Waals surface area contributed by atoms with Crippen molar-refractivity contribution in [1.82, 2.24) is 9.78 Å². The molecule has 184 valence electrons. The third kappa shape index (κ3) is 5.80. The number of carbonyl (C=O) groups excluding carboxylic acids is 2. The quantitative estimate of drug-likeness (QED) is 0.331. The van der Waals surface area contributed by atoms with Gasteiger partial charge in [0, 0.05) is 23.9 Å². The smallest absolute Gasteiger partial charge is 0.322 e. The van der Waals surface area contributed by atoms with E-state index in [4.69, 9.17) is 0 Å². The van der Waals surface area contributed by atoms with Crippen LogP contribution in [0.5, 0.6) is 0 Å². The van der Waals surface area contributed by atoms with Gasteiger partial charge in [-0.2, -0.15) is 18.3 Å². The van der Waals surface area contributed by atoms with Crippen molar-refractivity contribution in [1.29, 1.82) is 0 Å². The molecule has 2 N–H and O–H groups in total. The van der Waals surface area contributed by atoms with E-state index in [2.05, 4.69) is 15.7 Å². The number of nitrogens with zero attached hydrogens (tertiary/aromatic N) is 2. The molecule has 0 aliphatic carbocycles. The number of alkyl halides is 3. The van der Waals surface area contributed by atoms with Crippen LogP contribution in [0.25, 0.3) is 11.1 Å². The van der Waals surface area contributed by atoms with Gasteiger partial charge in [0.15, 0.2) is 0 Å². The number of amides is 2. The molecule has 4 aromatic rings. The number of halogens is 3. The van der Waals surface area contributed by atoms with E-state index in [1.54, 1.807) is 65.5 Å². The zero-order valence-corrected chi connectivity index (χ0v) is 19.3. The van der Waals surface area contributed by atoms with E-state index < -0.39 is 17.6 Å². The number of rotatable bonds is 7. The number of hydrogen-bond acceptors (Lipinski definition) is 3. The van der Waals surface area contributed by atoms with E-state index in [-0.39, 0.29) is 12.3 Å². The molecular formula is C27H23F3N4O2. The first-order valence-electron chi connectivity index (χ1n) is 11.2. The molecule has 0 aliphatic heterocycles. The summed E-state index contributed by atoms with van der Waals surface area (Å²) in [6.45, 7) is 2.57. The molecule has 0 aliphatic rings. The van der Waals surface area contributed by atoms with E-state index in [0.29, 0.717) is 34.7 Å². The fourth-order valence-electron chi connectivity index (χ4n) is 3.74. The Balaban J connectivity index is 1.43. The van der Waals surface area contributed by atoms with Gasteiger partial charge in [0.1, 0.15) is 5.82 Å². The number of aryl methyl sites for hydroxylation is 1. The maximum Gasteiger partial charge on any atom is 0.416 e. The summed E-state index contributed by atoms with van der Waals surface area (Å²) in [6.07, 6.45) is -2.66. The third-order valence-electron chi connectivity index (χ3n) is 5.55. The van der Waals surface area contributed by atoms with Gasteiger partial charge in [0.25, 0.3) is 5.91 Å². The topological polar surface area (TPSA) is 76.0 Å². The summed E-state index contributed by atoms with van der Waals surface area (Å²) in [4.78, 5) is 25.3. The lowest BCUT2D eigenvalue weighted by Gasteiger charge is -2.12. The summed E-state index contributed by atoms with van der Waals surface area (Å²) in [5.41, 5.74) is 1.88. The van der Waals surface area contributed by atoms with Crippen LogP contribution < -0.4 is 10.6 Å². The minimum Gasteiger partial charge on any atom is -0.322 e. The summed E-state index contributed by atoms with van der Waals surface area (Å²) in [7, 11) is 0. The highest BCUT2D eigenvalue weighted by molar-refractivity contribution is 6.08.